The van der Waals surface area contributed by atoms with Gasteiger partial charge in [-0.3, -0.25) is 4.79 Å². The molecule has 0 aromatic carbocycles. The number of esters is 2. The predicted molar refractivity (Wildman–Crippen MR) is 121 cm³/mol. The largest absolute Gasteiger partial charge is 0.464 e. The third-order valence-corrected chi connectivity index (χ3v) is 5.50. The van der Waals surface area contributed by atoms with Crippen LogP contribution in [0.15, 0.2) is 17.4 Å². The second kappa shape index (κ2) is 15.7. The zero-order valence-corrected chi connectivity index (χ0v) is 19.7. The number of ether oxygens (including phenoxy) is 2. The molecular weight excluding hydrogens is 394 g/mol. The summed E-state index contributed by atoms with van der Waals surface area (Å²) in [6.45, 7) is 4.84. The van der Waals surface area contributed by atoms with Crippen LogP contribution in [0.5, 0.6) is 0 Å². The van der Waals surface area contributed by atoms with Gasteiger partial charge in [0.25, 0.3) is 0 Å². The van der Waals surface area contributed by atoms with Crippen LogP contribution in [0.25, 0.3) is 0 Å². The van der Waals surface area contributed by atoms with E-state index in [1.54, 1.807) is 13.8 Å². The average molecular weight is 436 g/mol. The summed E-state index contributed by atoms with van der Waals surface area (Å²) in [7, 11) is 0. The summed E-state index contributed by atoms with van der Waals surface area (Å²) >= 11 is 0. The molecule has 0 bridgehead atoms. The van der Waals surface area contributed by atoms with Gasteiger partial charge in [0.2, 0.25) is 11.4 Å². The van der Waals surface area contributed by atoms with Crippen LogP contribution in [0.3, 0.4) is 0 Å². The zero-order valence-electron chi connectivity index (χ0n) is 19.7. The lowest BCUT2D eigenvalue weighted by Gasteiger charge is -2.30. The maximum Gasteiger partial charge on any atom is 0.344 e. The molecule has 1 rings (SSSR count). The topological polar surface area (TPSA) is 81.7 Å². The third-order valence-electron chi connectivity index (χ3n) is 5.50. The Labute approximate surface area is 187 Å². The maximum atomic E-state index is 12.9. The van der Waals surface area contributed by atoms with Crippen LogP contribution in [0.1, 0.15) is 104 Å². The molecule has 0 atom stereocenters. The van der Waals surface area contributed by atoms with E-state index in [9.17, 15) is 14.4 Å². The van der Waals surface area contributed by atoms with E-state index in [4.69, 9.17) is 9.47 Å². The molecule has 0 spiro atoms. The van der Waals surface area contributed by atoms with Crippen molar-refractivity contribution in [1.29, 1.82) is 0 Å². The van der Waals surface area contributed by atoms with Crippen molar-refractivity contribution in [2.24, 2.45) is 0 Å². The Morgan fingerprint density at radius 2 is 1.35 bits per heavy atom. The number of carbonyl (C=O) groups excluding carboxylic acids is 3. The van der Waals surface area contributed by atoms with Gasteiger partial charge in [-0.25, -0.2) is 9.59 Å². The smallest absolute Gasteiger partial charge is 0.344 e. The fourth-order valence-corrected chi connectivity index (χ4v) is 3.93. The van der Waals surface area contributed by atoms with Crippen molar-refractivity contribution in [3.63, 3.8) is 0 Å². The zero-order chi connectivity index (χ0) is 23.0. The number of amides is 1. The van der Waals surface area contributed by atoms with Crippen molar-refractivity contribution in [2.45, 2.75) is 110 Å². The van der Waals surface area contributed by atoms with Crippen molar-refractivity contribution < 1.29 is 23.9 Å². The first-order valence-corrected chi connectivity index (χ1v) is 12.0. The summed E-state index contributed by atoms with van der Waals surface area (Å²) in [4.78, 5) is 37.8. The monoisotopic (exact) mass is 435 g/mol. The molecule has 1 amide bonds. The van der Waals surface area contributed by atoms with Crippen molar-refractivity contribution >= 4 is 17.8 Å². The van der Waals surface area contributed by atoms with E-state index in [2.05, 4.69) is 11.0 Å². The molecule has 0 aromatic heterocycles. The molecule has 6 nitrogen and oxygen atoms in total. The maximum absolute atomic E-state index is 12.9. The molecule has 176 valence electrons. The van der Waals surface area contributed by atoms with E-state index < -0.39 is 23.4 Å². The minimum absolute atomic E-state index is 0.0146. The number of rotatable bonds is 7. The molecule has 31 heavy (non-hydrogen) atoms. The van der Waals surface area contributed by atoms with Gasteiger partial charge in [-0.15, -0.1) is 5.73 Å². The molecule has 0 aromatic rings. The lowest BCUT2D eigenvalue weighted by Crippen LogP contribution is -2.61. The van der Waals surface area contributed by atoms with Crippen molar-refractivity contribution in [3.05, 3.63) is 17.4 Å². The van der Waals surface area contributed by atoms with Crippen LogP contribution >= 0.6 is 0 Å². The molecule has 0 radical (unpaired) electrons. The molecule has 0 saturated heterocycles. The lowest BCUT2D eigenvalue weighted by molar-refractivity contribution is -0.168. The molecule has 0 heterocycles. The van der Waals surface area contributed by atoms with Gasteiger partial charge in [-0.05, 0) is 51.2 Å². The first-order chi connectivity index (χ1) is 15.0. The summed E-state index contributed by atoms with van der Waals surface area (Å²) in [5.41, 5.74) is 2.30. The Morgan fingerprint density at radius 1 is 0.871 bits per heavy atom. The Morgan fingerprint density at radius 3 is 1.84 bits per heavy atom. The fourth-order valence-electron chi connectivity index (χ4n) is 3.93. The Hall–Kier alpha value is -2.07. The molecule has 1 aliphatic carbocycles. The van der Waals surface area contributed by atoms with Gasteiger partial charge >= 0.3 is 11.9 Å². The second-order valence-corrected chi connectivity index (χ2v) is 8.23. The molecule has 0 saturated carbocycles. The summed E-state index contributed by atoms with van der Waals surface area (Å²) in [6.07, 6.45) is 15.6. The van der Waals surface area contributed by atoms with Gasteiger partial charge in [-0.2, -0.15) is 0 Å². The van der Waals surface area contributed by atoms with E-state index in [1.165, 1.54) is 51.9 Å². The van der Waals surface area contributed by atoms with E-state index in [0.29, 0.717) is 0 Å². The molecule has 1 N–H and O–H groups in total. The molecule has 0 aliphatic heterocycles. The highest BCUT2D eigenvalue weighted by atomic mass is 16.6. The molecule has 0 unspecified atom stereocenters. The van der Waals surface area contributed by atoms with Crippen LogP contribution in [-0.2, 0) is 23.9 Å². The van der Waals surface area contributed by atoms with Gasteiger partial charge in [0, 0.05) is 13.3 Å². The van der Waals surface area contributed by atoms with Crippen LogP contribution < -0.4 is 5.32 Å². The first kappa shape index (κ1) is 27.0. The van der Waals surface area contributed by atoms with Gasteiger partial charge in [0.1, 0.15) is 0 Å². The minimum atomic E-state index is -1.88. The van der Waals surface area contributed by atoms with E-state index in [0.717, 1.165) is 37.7 Å². The fraction of sp³-hybridized carbons (Fsp3) is 0.760. The number of hydrogen-bond donors (Lipinski definition) is 1. The van der Waals surface area contributed by atoms with Gasteiger partial charge in [0.15, 0.2) is 0 Å². The average Bonchev–Trinajstić information content (AvgIpc) is 2.73. The number of carbonyl (C=O) groups is 3. The van der Waals surface area contributed by atoms with Gasteiger partial charge < -0.3 is 14.8 Å². The van der Waals surface area contributed by atoms with E-state index in [-0.39, 0.29) is 19.6 Å². The van der Waals surface area contributed by atoms with Gasteiger partial charge in [0.05, 0.1) is 13.2 Å². The standard InChI is InChI=1S/C25H41NO5/c1-4-30-23(28)25(26-21(3)27,24(29)31-5-2)20-22-18-16-14-12-10-8-6-7-9-11-13-15-17-19-22/h16H,4-15,17,19-20H2,1-3H3,(H,26,27). The summed E-state index contributed by atoms with van der Waals surface area (Å²) in [5.74, 6) is -2.05. The summed E-state index contributed by atoms with van der Waals surface area (Å²) in [6, 6.07) is 0. The highest BCUT2D eigenvalue weighted by molar-refractivity contribution is 6.08. The molecule has 1 aliphatic rings. The second-order valence-electron chi connectivity index (χ2n) is 8.23. The number of hydrogen-bond acceptors (Lipinski definition) is 5. The van der Waals surface area contributed by atoms with Crippen LogP contribution in [0.2, 0.25) is 0 Å². The third kappa shape index (κ3) is 10.2. The van der Waals surface area contributed by atoms with Crippen LogP contribution in [0.4, 0.5) is 0 Å². The van der Waals surface area contributed by atoms with Gasteiger partial charge in [-0.1, -0.05) is 51.4 Å². The first-order valence-electron chi connectivity index (χ1n) is 12.0. The number of nitrogens with one attached hydrogen (secondary N) is 1. The minimum Gasteiger partial charge on any atom is -0.464 e. The molecular formula is C25H41NO5. The van der Waals surface area contributed by atoms with Crippen molar-refractivity contribution in [3.8, 4) is 0 Å². The summed E-state index contributed by atoms with van der Waals surface area (Å²) in [5, 5.41) is 2.56. The highest BCUT2D eigenvalue weighted by Crippen LogP contribution is 2.25. The predicted octanol–water partition coefficient (Wildman–Crippen LogP) is 5.15. The highest BCUT2D eigenvalue weighted by Gasteiger charge is 2.50. The normalized spacial score (nSPS) is 16.9. The van der Waals surface area contributed by atoms with Crippen LogP contribution in [-0.4, -0.2) is 36.6 Å². The Bertz CT molecular complexity index is 616. The SMILES string of the molecule is CCOC(=O)C(CC1=C=CCCCCCCCCCCCC1)(NC(C)=O)C(=O)OCC. The quantitative estimate of drug-likeness (QED) is 0.340. The van der Waals surface area contributed by atoms with E-state index >= 15 is 0 Å². The Balaban J connectivity index is 3.17. The van der Waals surface area contributed by atoms with Crippen molar-refractivity contribution in [2.75, 3.05) is 13.2 Å². The molecule has 0 fully saturated rings. The summed E-state index contributed by atoms with van der Waals surface area (Å²) < 4.78 is 10.4. The lowest BCUT2D eigenvalue weighted by atomic mass is 9.88. The molecule has 6 heteroatoms. The Kier molecular flexibility index (Phi) is 13.6. The van der Waals surface area contributed by atoms with E-state index in [1.807, 2.05) is 6.08 Å². The van der Waals surface area contributed by atoms with Crippen molar-refractivity contribution in [1.82, 2.24) is 5.32 Å². The van der Waals surface area contributed by atoms with Crippen LogP contribution in [0, 0.1) is 0 Å².